The molecule has 0 aliphatic carbocycles. The molecule has 0 saturated carbocycles. The van der Waals surface area contributed by atoms with Gasteiger partial charge in [-0.05, 0) is 39.5 Å². The van der Waals surface area contributed by atoms with Crippen LogP contribution in [-0.2, 0) is 14.0 Å². The molecule has 1 fully saturated rings. The van der Waals surface area contributed by atoms with Crippen LogP contribution < -0.4 is 5.32 Å². The second-order valence-corrected chi connectivity index (χ2v) is 8.20. The van der Waals surface area contributed by atoms with Crippen LogP contribution >= 0.6 is 10.7 Å². The molecule has 19 heavy (non-hydrogen) atoms. The summed E-state index contributed by atoms with van der Waals surface area (Å²) in [7, 11) is 1.65. The number of alkyl carbamates (subject to hydrolysis) is 1. The molecule has 8 heteroatoms. The van der Waals surface area contributed by atoms with Crippen LogP contribution in [-0.4, -0.2) is 44.1 Å². The van der Waals surface area contributed by atoms with Crippen LogP contribution in [0.15, 0.2) is 0 Å². The number of hydrogen-bond donors (Lipinski definition) is 1. The van der Waals surface area contributed by atoms with Crippen molar-refractivity contribution in [2.75, 3.05) is 19.6 Å². The number of halogens is 1. The molecule has 1 rings (SSSR count). The van der Waals surface area contributed by atoms with Crippen molar-refractivity contribution in [1.82, 2.24) is 9.62 Å². The number of ether oxygens (including phenoxy) is 1. The number of amides is 1. The molecule has 1 amide bonds. The van der Waals surface area contributed by atoms with Crippen molar-refractivity contribution in [3.8, 4) is 0 Å². The Morgan fingerprint density at radius 2 is 2.11 bits per heavy atom. The highest BCUT2D eigenvalue weighted by Gasteiger charge is 2.27. The molecule has 6 nitrogen and oxygen atoms in total. The van der Waals surface area contributed by atoms with Gasteiger partial charge in [-0.3, -0.25) is 0 Å². The van der Waals surface area contributed by atoms with Gasteiger partial charge in [0.25, 0.3) is 9.24 Å². The molecule has 0 aromatic carbocycles. The Labute approximate surface area is 119 Å². The Balaban J connectivity index is 2.40. The van der Waals surface area contributed by atoms with Gasteiger partial charge < -0.3 is 10.1 Å². The maximum absolute atomic E-state index is 11.5. The second kappa shape index (κ2) is 6.28. The Morgan fingerprint density at radius 1 is 1.47 bits per heavy atom. The number of carbonyl (C=O) groups excluding carboxylic acids is 1. The molecule has 1 saturated heterocycles. The molecule has 1 aliphatic rings. The minimum absolute atomic E-state index is 0.0646. The molecule has 0 aromatic rings. The molecule has 0 bridgehead atoms. The Bertz CT molecular complexity index is 419. The molecular formula is C11H21ClN2O4S. The smallest absolute Gasteiger partial charge is 0.407 e. The molecular weight excluding hydrogens is 292 g/mol. The number of carbonyl (C=O) groups is 1. The molecule has 1 atom stereocenters. The summed E-state index contributed by atoms with van der Waals surface area (Å²) in [5.74, 6) is 0.0646. The lowest BCUT2D eigenvalue weighted by Gasteiger charge is -2.30. The van der Waals surface area contributed by atoms with Crippen molar-refractivity contribution < 1.29 is 17.9 Å². The number of rotatable bonds is 3. The Morgan fingerprint density at radius 3 is 2.63 bits per heavy atom. The Hall–Kier alpha value is -0.530. The summed E-state index contributed by atoms with van der Waals surface area (Å²) in [6.45, 7) is 6.52. The summed E-state index contributed by atoms with van der Waals surface area (Å²) >= 11 is 0. The average Bonchev–Trinajstić information content (AvgIpc) is 2.23. The van der Waals surface area contributed by atoms with E-state index < -0.39 is 20.9 Å². The van der Waals surface area contributed by atoms with E-state index >= 15 is 0 Å². The highest BCUT2D eigenvalue weighted by molar-refractivity contribution is 8.11. The fourth-order valence-electron chi connectivity index (χ4n) is 1.93. The van der Waals surface area contributed by atoms with E-state index in [0.717, 1.165) is 12.8 Å². The maximum atomic E-state index is 11.5. The van der Waals surface area contributed by atoms with Gasteiger partial charge >= 0.3 is 6.09 Å². The summed E-state index contributed by atoms with van der Waals surface area (Å²) < 4.78 is 28.8. The quantitative estimate of drug-likeness (QED) is 0.805. The van der Waals surface area contributed by atoms with Crippen LogP contribution in [0.4, 0.5) is 4.79 Å². The van der Waals surface area contributed by atoms with Crippen LogP contribution in [0.5, 0.6) is 0 Å². The predicted octanol–water partition coefficient (Wildman–Crippen LogP) is 1.71. The van der Waals surface area contributed by atoms with Crippen LogP contribution in [0.25, 0.3) is 0 Å². The number of nitrogens with one attached hydrogen (secondary N) is 1. The normalized spacial score (nSPS) is 22.0. The van der Waals surface area contributed by atoms with Crippen LogP contribution in [0, 0.1) is 5.92 Å². The molecule has 0 aromatic heterocycles. The van der Waals surface area contributed by atoms with Gasteiger partial charge in [0, 0.05) is 30.3 Å². The van der Waals surface area contributed by atoms with Crippen molar-refractivity contribution in [3.63, 3.8) is 0 Å². The molecule has 0 spiro atoms. The molecule has 1 heterocycles. The minimum atomic E-state index is -3.66. The summed E-state index contributed by atoms with van der Waals surface area (Å²) in [5.41, 5.74) is -0.540. The van der Waals surface area contributed by atoms with Gasteiger partial charge in [-0.2, -0.15) is 12.7 Å². The molecule has 0 unspecified atom stereocenters. The van der Waals surface area contributed by atoms with Crippen molar-refractivity contribution in [2.45, 2.75) is 39.2 Å². The van der Waals surface area contributed by atoms with E-state index in [1.54, 1.807) is 20.8 Å². The zero-order valence-corrected chi connectivity index (χ0v) is 13.1. The van der Waals surface area contributed by atoms with E-state index in [4.69, 9.17) is 15.4 Å². The second-order valence-electron chi connectivity index (χ2n) is 5.69. The van der Waals surface area contributed by atoms with Gasteiger partial charge in [0.2, 0.25) is 0 Å². The summed E-state index contributed by atoms with van der Waals surface area (Å²) in [6, 6.07) is 0. The standard InChI is InChI=1S/C11H21ClN2O4S/c1-11(2,3)18-10(15)13-7-9-5-4-6-14(8-9)19(12,16)17/h9H,4-8H2,1-3H3,(H,13,15)/t9-/m1/s1. The van der Waals surface area contributed by atoms with E-state index in [1.807, 2.05) is 0 Å². The lowest BCUT2D eigenvalue weighted by Crippen LogP contribution is -2.43. The van der Waals surface area contributed by atoms with Gasteiger partial charge in [-0.25, -0.2) is 4.79 Å². The van der Waals surface area contributed by atoms with E-state index in [9.17, 15) is 13.2 Å². The summed E-state index contributed by atoms with van der Waals surface area (Å²) in [5, 5.41) is 2.66. The first-order valence-electron chi connectivity index (χ1n) is 6.24. The average molecular weight is 313 g/mol. The third-order valence-electron chi connectivity index (χ3n) is 2.72. The van der Waals surface area contributed by atoms with Crippen LogP contribution in [0.2, 0.25) is 0 Å². The fraction of sp³-hybridized carbons (Fsp3) is 0.909. The zero-order valence-electron chi connectivity index (χ0n) is 11.5. The van der Waals surface area contributed by atoms with Gasteiger partial charge in [-0.15, -0.1) is 0 Å². The topological polar surface area (TPSA) is 75.7 Å². The van der Waals surface area contributed by atoms with Gasteiger partial charge in [0.15, 0.2) is 0 Å². The van der Waals surface area contributed by atoms with Crippen LogP contribution in [0.3, 0.4) is 0 Å². The largest absolute Gasteiger partial charge is 0.444 e. The van der Waals surface area contributed by atoms with Gasteiger partial charge in [0.1, 0.15) is 5.60 Å². The van der Waals surface area contributed by atoms with Gasteiger partial charge in [0.05, 0.1) is 0 Å². The van der Waals surface area contributed by atoms with Crippen molar-refractivity contribution in [3.05, 3.63) is 0 Å². The van der Waals surface area contributed by atoms with Crippen LogP contribution in [0.1, 0.15) is 33.6 Å². The predicted molar refractivity (Wildman–Crippen MR) is 73.3 cm³/mol. The molecule has 1 aliphatic heterocycles. The number of nitrogens with zero attached hydrogens (tertiary/aromatic N) is 1. The third-order valence-corrected chi connectivity index (χ3v) is 4.26. The minimum Gasteiger partial charge on any atom is -0.444 e. The molecule has 1 N–H and O–H groups in total. The summed E-state index contributed by atoms with van der Waals surface area (Å²) in [6.07, 6.45) is 1.11. The number of hydrogen-bond acceptors (Lipinski definition) is 4. The number of piperidine rings is 1. The first-order valence-corrected chi connectivity index (χ1v) is 8.51. The first-order chi connectivity index (χ1) is 8.58. The lowest BCUT2D eigenvalue weighted by molar-refractivity contribution is 0.0514. The van der Waals surface area contributed by atoms with E-state index in [-0.39, 0.29) is 5.92 Å². The lowest BCUT2D eigenvalue weighted by atomic mass is 10.00. The highest BCUT2D eigenvalue weighted by Crippen LogP contribution is 2.20. The maximum Gasteiger partial charge on any atom is 0.407 e. The van der Waals surface area contributed by atoms with E-state index in [2.05, 4.69) is 5.32 Å². The monoisotopic (exact) mass is 312 g/mol. The Kier molecular flexibility index (Phi) is 5.46. The van der Waals surface area contributed by atoms with E-state index in [0.29, 0.717) is 19.6 Å². The van der Waals surface area contributed by atoms with Crippen molar-refractivity contribution >= 4 is 26.0 Å². The fourth-order valence-corrected chi connectivity index (χ4v) is 3.05. The SMILES string of the molecule is CC(C)(C)OC(=O)NC[C@H]1CCCN(S(=O)(=O)Cl)C1. The summed E-state index contributed by atoms with van der Waals surface area (Å²) in [4.78, 5) is 11.5. The first kappa shape index (κ1) is 16.5. The van der Waals surface area contributed by atoms with E-state index in [1.165, 1.54) is 4.31 Å². The van der Waals surface area contributed by atoms with Crippen molar-refractivity contribution in [2.24, 2.45) is 5.92 Å². The molecule has 112 valence electrons. The highest BCUT2D eigenvalue weighted by atomic mass is 35.7. The van der Waals surface area contributed by atoms with Gasteiger partial charge in [-0.1, -0.05) is 0 Å². The third kappa shape index (κ3) is 6.44. The molecule has 0 radical (unpaired) electrons. The zero-order chi connectivity index (χ0) is 14.7. The van der Waals surface area contributed by atoms with Crippen molar-refractivity contribution in [1.29, 1.82) is 0 Å².